The van der Waals surface area contributed by atoms with Crippen LogP contribution < -0.4 is 4.72 Å². The molecule has 0 unspecified atom stereocenters. The average molecular weight is 251 g/mol. The van der Waals surface area contributed by atoms with Crippen LogP contribution in [0.2, 0.25) is 0 Å². The summed E-state index contributed by atoms with van der Waals surface area (Å²) in [6, 6.07) is 7.19. The molecule has 0 amide bonds. The van der Waals surface area contributed by atoms with Gasteiger partial charge in [0.15, 0.2) is 0 Å². The summed E-state index contributed by atoms with van der Waals surface area (Å²) in [5, 5.41) is 0. The largest absolute Gasteiger partial charge is 0.304 e. The summed E-state index contributed by atoms with van der Waals surface area (Å²) in [4.78, 5) is 3.94. The first-order chi connectivity index (χ1) is 8.12. The fourth-order valence-corrected chi connectivity index (χ4v) is 2.08. The van der Waals surface area contributed by atoms with Crippen LogP contribution in [0.5, 0.6) is 0 Å². The van der Waals surface area contributed by atoms with E-state index in [1.54, 1.807) is 42.3 Å². The Morgan fingerprint density at radius 1 is 1.35 bits per heavy atom. The smallest absolute Gasteiger partial charge is 0.232 e. The molecule has 1 aromatic heterocycles. The molecule has 1 aromatic carbocycles. The molecule has 2 rings (SSSR count). The number of aromatic nitrogens is 2. The number of benzene rings is 1. The lowest BCUT2D eigenvalue weighted by atomic mass is 10.3. The first-order valence-corrected chi connectivity index (χ1v) is 6.85. The Morgan fingerprint density at radius 3 is 2.76 bits per heavy atom. The second-order valence-corrected chi connectivity index (χ2v) is 5.50. The molecule has 0 spiro atoms. The van der Waals surface area contributed by atoms with Crippen molar-refractivity contribution >= 4 is 15.7 Å². The van der Waals surface area contributed by atoms with Crippen LogP contribution in [-0.2, 0) is 10.0 Å². The van der Waals surface area contributed by atoms with E-state index in [1.807, 2.05) is 12.1 Å². The molecule has 1 heterocycles. The number of rotatable bonds is 4. The van der Waals surface area contributed by atoms with Gasteiger partial charge in [0, 0.05) is 12.4 Å². The van der Waals surface area contributed by atoms with E-state index in [-0.39, 0.29) is 5.75 Å². The minimum Gasteiger partial charge on any atom is -0.304 e. The molecular formula is C11H13N3O2S. The summed E-state index contributed by atoms with van der Waals surface area (Å²) in [5.41, 5.74) is 1.30. The van der Waals surface area contributed by atoms with Gasteiger partial charge in [-0.05, 0) is 19.1 Å². The van der Waals surface area contributed by atoms with Gasteiger partial charge in [-0.15, -0.1) is 0 Å². The van der Waals surface area contributed by atoms with Gasteiger partial charge in [-0.3, -0.25) is 4.72 Å². The standard InChI is InChI=1S/C11H13N3O2S/c1-2-17(15,16)13-10-5-3-4-6-11(10)14-8-7-12-9-14/h3-9,13H,2H2,1H3. The highest BCUT2D eigenvalue weighted by Gasteiger charge is 2.10. The molecule has 0 aliphatic heterocycles. The van der Waals surface area contributed by atoms with Gasteiger partial charge in [-0.25, -0.2) is 13.4 Å². The van der Waals surface area contributed by atoms with Crippen LogP contribution in [0.3, 0.4) is 0 Å². The molecule has 0 bridgehead atoms. The number of anilines is 1. The third-order valence-electron chi connectivity index (χ3n) is 2.33. The van der Waals surface area contributed by atoms with E-state index in [1.165, 1.54) is 0 Å². The average Bonchev–Trinajstić information content (AvgIpc) is 2.83. The second-order valence-electron chi connectivity index (χ2n) is 3.49. The fraction of sp³-hybridized carbons (Fsp3) is 0.182. The van der Waals surface area contributed by atoms with E-state index in [0.29, 0.717) is 5.69 Å². The fourth-order valence-electron chi connectivity index (χ4n) is 1.43. The van der Waals surface area contributed by atoms with Crippen molar-refractivity contribution in [3.63, 3.8) is 0 Å². The molecule has 2 aromatic rings. The van der Waals surface area contributed by atoms with Crippen molar-refractivity contribution in [2.45, 2.75) is 6.92 Å². The zero-order valence-corrected chi connectivity index (χ0v) is 10.2. The minimum absolute atomic E-state index is 0.0469. The quantitative estimate of drug-likeness (QED) is 0.898. The lowest BCUT2D eigenvalue weighted by molar-refractivity contribution is 0.602. The zero-order valence-electron chi connectivity index (χ0n) is 9.37. The van der Waals surface area contributed by atoms with Gasteiger partial charge in [0.25, 0.3) is 0 Å². The lowest BCUT2D eigenvalue weighted by Gasteiger charge is -2.11. The molecule has 1 N–H and O–H groups in total. The van der Waals surface area contributed by atoms with Gasteiger partial charge in [0.1, 0.15) is 0 Å². The molecule has 17 heavy (non-hydrogen) atoms. The Labute approximate surface area is 100 Å². The van der Waals surface area contributed by atoms with Gasteiger partial charge < -0.3 is 4.57 Å². The number of hydrogen-bond donors (Lipinski definition) is 1. The maximum atomic E-state index is 11.6. The predicted molar refractivity (Wildman–Crippen MR) is 66.6 cm³/mol. The highest BCUT2D eigenvalue weighted by atomic mass is 32.2. The number of para-hydroxylation sites is 2. The van der Waals surface area contributed by atoms with Crippen LogP contribution in [0.1, 0.15) is 6.92 Å². The van der Waals surface area contributed by atoms with Crippen molar-refractivity contribution in [1.82, 2.24) is 9.55 Å². The third kappa shape index (κ3) is 2.65. The van der Waals surface area contributed by atoms with Gasteiger partial charge in [-0.1, -0.05) is 12.1 Å². The van der Waals surface area contributed by atoms with E-state index in [2.05, 4.69) is 9.71 Å². The molecule has 90 valence electrons. The number of nitrogens with one attached hydrogen (secondary N) is 1. The van der Waals surface area contributed by atoms with Crippen molar-refractivity contribution in [3.05, 3.63) is 43.0 Å². The maximum absolute atomic E-state index is 11.6. The number of hydrogen-bond acceptors (Lipinski definition) is 3. The van der Waals surface area contributed by atoms with Crippen LogP contribution in [-0.4, -0.2) is 23.7 Å². The van der Waals surface area contributed by atoms with Crippen molar-refractivity contribution in [3.8, 4) is 5.69 Å². The van der Waals surface area contributed by atoms with Crippen LogP contribution in [0.4, 0.5) is 5.69 Å². The highest BCUT2D eigenvalue weighted by molar-refractivity contribution is 7.92. The van der Waals surface area contributed by atoms with E-state index in [4.69, 9.17) is 0 Å². The number of sulfonamides is 1. The summed E-state index contributed by atoms with van der Waals surface area (Å²) in [5.74, 6) is 0.0469. The normalized spacial score (nSPS) is 11.4. The Kier molecular flexibility index (Phi) is 3.14. The summed E-state index contributed by atoms with van der Waals surface area (Å²) >= 11 is 0. The Morgan fingerprint density at radius 2 is 2.12 bits per heavy atom. The molecule has 6 heteroatoms. The Bertz CT molecular complexity index is 591. The molecule has 0 aliphatic carbocycles. The Hall–Kier alpha value is -1.82. The SMILES string of the molecule is CCS(=O)(=O)Nc1ccccc1-n1ccnc1. The summed E-state index contributed by atoms with van der Waals surface area (Å²) in [6.07, 6.45) is 5.03. The zero-order chi connectivity index (χ0) is 12.3. The topological polar surface area (TPSA) is 64.0 Å². The number of nitrogens with zero attached hydrogens (tertiary/aromatic N) is 2. The molecule has 0 aliphatic rings. The van der Waals surface area contributed by atoms with E-state index < -0.39 is 10.0 Å². The van der Waals surface area contributed by atoms with Crippen LogP contribution in [0.15, 0.2) is 43.0 Å². The molecule has 0 saturated heterocycles. The lowest BCUT2D eigenvalue weighted by Crippen LogP contribution is -2.15. The van der Waals surface area contributed by atoms with Crippen molar-refractivity contribution in [2.75, 3.05) is 10.5 Å². The van der Waals surface area contributed by atoms with Crippen molar-refractivity contribution < 1.29 is 8.42 Å². The van der Waals surface area contributed by atoms with E-state index in [0.717, 1.165) is 5.69 Å². The van der Waals surface area contributed by atoms with Gasteiger partial charge in [0.2, 0.25) is 10.0 Å². The van der Waals surface area contributed by atoms with Gasteiger partial charge in [-0.2, -0.15) is 0 Å². The minimum atomic E-state index is -3.27. The molecule has 0 fully saturated rings. The summed E-state index contributed by atoms with van der Waals surface area (Å²) in [6.45, 7) is 1.60. The first kappa shape index (κ1) is 11.7. The van der Waals surface area contributed by atoms with E-state index >= 15 is 0 Å². The van der Waals surface area contributed by atoms with Crippen molar-refractivity contribution in [1.29, 1.82) is 0 Å². The van der Waals surface area contributed by atoms with Crippen LogP contribution >= 0.6 is 0 Å². The number of imidazole rings is 1. The molecule has 5 nitrogen and oxygen atoms in total. The summed E-state index contributed by atoms with van der Waals surface area (Å²) in [7, 11) is -3.27. The molecule has 0 saturated carbocycles. The monoisotopic (exact) mass is 251 g/mol. The summed E-state index contributed by atoms with van der Waals surface area (Å²) < 4.78 is 27.4. The third-order valence-corrected chi connectivity index (χ3v) is 3.62. The second kappa shape index (κ2) is 4.58. The van der Waals surface area contributed by atoms with Crippen LogP contribution in [0, 0.1) is 0 Å². The van der Waals surface area contributed by atoms with E-state index in [9.17, 15) is 8.42 Å². The highest BCUT2D eigenvalue weighted by Crippen LogP contribution is 2.20. The van der Waals surface area contributed by atoms with Gasteiger partial charge >= 0.3 is 0 Å². The van der Waals surface area contributed by atoms with Crippen molar-refractivity contribution in [2.24, 2.45) is 0 Å². The first-order valence-electron chi connectivity index (χ1n) is 5.20. The molecule has 0 radical (unpaired) electrons. The van der Waals surface area contributed by atoms with Crippen LogP contribution in [0.25, 0.3) is 5.69 Å². The maximum Gasteiger partial charge on any atom is 0.232 e. The Balaban J connectivity index is 2.42. The molecule has 0 atom stereocenters. The van der Waals surface area contributed by atoms with Gasteiger partial charge in [0.05, 0.1) is 23.5 Å². The predicted octanol–water partition coefficient (Wildman–Crippen LogP) is 1.63. The molecular weight excluding hydrogens is 238 g/mol.